The van der Waals surface area contributed by atoms with E-state index in [9.17, 15) is 0 Å². The van der Waals surface area contributed by atoms with Crippen LogP contribution in [-0.4, -0.2) is 25.1 Å². The monoisotopic (exact) mass is 203 g/mol. The molecule has 0 aromatic carbocycles. The number of rotatable bonds is 6. The van der Waals surface area contributed by atoms with Gasteiger partial charge in [0.05, 0.1) is 0 Å². The second-order valence-corrected chi connectivity index (χ2v) is 5.99. The number of hydrogen-bond donors (Lipinski definition) is 1. The first-order valence-electron chi connectivity index (χ1n) is 5.15. The maximum Gasteiger partial charge on any atom is -0.00153 e. The van der Waals surface area contributed by atoms with Crippen molar-refractivity contribution in [1.29, 1.82) is 0 Å². The van der Waals surface area contributed by atoms with Gasteiger partial charge in [-0.05, 0) is 42.9 Å². The lowest BCUT2D eigenvalue weighted by Gasteiger charge is -2.19. The van der Waals surface area contributed by atoms with Gasteiger partial charge in [0.1, 0.15) is 0 Å². The minimum atomic E-state index is 0.468. The summed E-state index contributed by atoms with van der Waals surface area (Å²) < 4.78 is 0. The standard InChI is InChI=1S/C11H25NS/c1-10(9-13-5)8-12-7-6-11(2,3)4/h10,12H,6-9H2,1-5H3. The van der Waals surface area contributed by atoms with E-state index in [0.717, 1.165) is 19.0 Å². The Morgan fingerprint density at radius 3 is 2.38 bits per heavy atom. The first-order valence-corrected chi connectivity index (χ1v) is 6.55. The van der Waals surface area contributed by atoms with Gasteiger partial charge >= 0.3 is 0 Å². The van der Waals surface area contributed by atoms with Gasteiger partial charge in [-0.2, -0.15) is 11.8 Å². The van der Waals surface area contributed by atoms with E-state index < -0.39 is 0 Å². The molecule has 0 aliphatic carbocycles. The van der Waals surface area contributed by atoms with Gasteiger partial charge in [-0.25, -0.2) is 0 Å². The van der Waals surface area contributed by atoms with Crippen LogP contribution in [0.1, 0.15) is 34.1 Å². The molecule has 2 heteroatoms. The maximum absolute atomic E-state index is 3.51. The normalized spacial score (nSPS) is 14.5. The lowest BCUT2D eigenvalue weighted by molar-refractivity contribution is 0.362. The smallest absolute Gasteiger partial charge is 0.00153 e. The Morgan fingerprint density at radius 2 is 1.92 bits per heavy atom. The van der Waals surface area contributed by atoms with E-state index in [1.54, 1.807) is 0 Å². The van der Waals surface area contributed by atoms with Gasteiger partial charge in [-0.15, -0.1) is 0 Å². The minimum absolute atomic E-state index is 0.468. The van der Waals surface area contributed by atoms with Crippen molar-refractivity contribution in [2.75, 3.05) is 25.1 Å². The molecule has 0 amide bonds. The molecule has 1 N–H and O–H groups in total. The minimum Gasteiger partial charge on any atom is -0.316 e. The molecule has 0 aliphatic heterocycles. The van der Waals surface area contributed by atoms with E-state index in [1.165, 1.54) is 12.2 Å². The number of nitrogens with one attached hydrogen (secondary N) is 1. The lowest BCUT2D eigenvalue weighted by atomic mass is 9.92. The van der Waals surface area contributed by atoms with Crippen molar-refractivity contribution in [2.24, 2.45) is 11.3 Å². The molecule has 13 heavy (non-hydrogen) atoms. The molecule has 0 aromatic rings. The SMILES string of the molecule is CSCC(C)CNCCC(C)(C)C. The predicted molar refractivity (Wildman–Crippen MR) is 64.5 cm³/mol. The van der Waals surface area contributed by atoms with Crippen LogP contribution in [0.25, 0.3) is 0 Å². The van der Waals surface area contributed by atoms with Crippen LogP contribution in [0.5, 0.6) is 0 Å². The number of hydrogen-bond acceptors (Lipinski definition) is 2. The second-order valence-electron chi connectivity index (χ2n) is 5.08. The van der Waals surface area contributed by atoms with E-state index in [-0.39, 0.29) is 0 Å². The van der Waals surface area contributed by atoms with E-state index in [1.807, 2.05) is 11.8 Å². The van der Waals surface area contributed by atoms with Crippen LogP contribution >= 0.6 is 11.8 Å². The van der Waals surface area contributed by atoms with Crippen molar-refractivity contribution in [2.45, 2.75) is 34.1 Å². The Kier molecular flexibility index (Phi) is 6.88. The molecule has 0 aliphatic rings. The highest BCUT2D eigenvalue weighted by Gasteiger charge is 2.09. The Morgan fingerprint density at radius 1 is 1.31 bits per heavy atom. The second kappa shape index (κ2) is 6.72. The molecule has 0 aromatic heterocycles. The molecule has 0 saturated carbocycles. The summed E-state index contributed by atoms with van der Waals surface area (Å²) in [6.45, 7) is 11.5. The maximum atomic E-state index is 3.51. The zero-order valence-corrected chi connectivity index (χ0v) is 10.6. The van der Waals surface area contributed by atoms with Gasteiger partial charge in [0.2, 0.25) is 0 Å². The fourth-order valence-corrected chi connectivity index (χ4v) is 1.84. The Bertz CT molecular complexity index is 118. The molecule has 1 atom stereocenters. The van der Waals surface area contributed by atoms with Crippen LogP contribution in [0, 0.1) is 11.3 Å². The van der Waals surface area contributed by atoms with Crippen molar-refractivity contribution in [3.63, 3.8) is 0 Å². The van der Waals surface area contributed by atoms with Gasteiger partial charge < -0.3 is 5.32 Å². The average Bonchev–Trinajstić information content (AvgIpc) is 1.97. The van der Waals surface area contributed by atoms with Gasteiger partial charge in [-0.1, -0.05) is 27.7 Å². The van der Waals surface area contributed by atoms with Crippen molar-refractivity contribution in [3.8, 4) is 0 Å². The van der Waals surface area contributed by atoms with Gasteiger partial charge in [0.25, 0.3) is 0 Å². The highest BCUT2D eigenvalue weighted by Crippen LogP contribution is 2.16. The Balaban J connectivity index is 3.25. The van der Waals surface area contributed by atoms with Crippen molar-refractivity contribution < 1.29 is 0 Å². The molecule has 0 fully saturated rings. The molecule has 0 spiro atoms. The fourth-order valence-electron chi connectivity index (χ4n) is 1.16. The highest BCUT2D eigenvalue weighted by atomic mass is 32.2. The van der Waals surface area contributed by atoms with Crippen LogP contribution in [0.15, 0.2) is 0 Å². The van der Waals surface area contributed by atoms with E-state index in [4.69, 9.17) is 0 Å². The van der Waals surface area contributed by atoms with E-state index >= 15 is 0 Å². The summed E-state index contributed by atoms with van der Waals surface area (Å²) in [4.78, 5) is 0. The summed E-state index contributed by atoms with van der Waals surface area (Å²) in [5.74, 6) is 2.07. The molecule has 1 unspecified atom stereocenters. The largest absolute Gasteiger partial charge is 0.316 e. The van der Waals surface area contributed by atoms with Crippen molar-refractivity contribution in [1.82, 2.24) is 5.32 Å². The molecular weight excluding hydrogens is 178 g/mol. The zero-order valence-electron chi connectivity index (χ0n) is 9.81. The fraction of sp³-hybridized carbons (Fsp3) is 1.00. The first kappa shape index (κ1) is 13.3. The highest BCUT2D eigenvalue weighted by molar-refractivity contribution is 7.98. The summed E-state index contributed by atoms with van der Waals surface area (Å²) in [5, 5.41) is 3.51. The number of thioether (sulfide) groups is 1. The molecule has 80 valence electrons. The van der Waals surface area contributed by atoms with Crippen LogP contribution in [0.4, 0.5) is 0 Å². The Labute approximate surface area is 88.1 Å². The van der Waals surface area contributed by atoms with E-state index in [0.29, 0.717) is 5.41 Å². The van der Waals surface area contributed by atoms with Gasteiger partial charge in [0, 0.05) is 0 Å². The Hall–Kier alpha value is 0.310. The van der Waals surface area contributed by atoms with Crippen LogP contribution < -0.4 is 5.32 Å². The van der Waals surface area contributed by atoms with Crippen LogP contribution in [-0.2, 0) is 0 Å². The summed E-state index contributed by atoms with van der Waals surface area (Å²) in [5.41, 5.74) is 0.468. The molecule has 0 bridgehead atoms. The third-order valence-corrected chi connectivity index (χ3v) is 2.90. The molecule has 0 heterocycles. The zero-order chi connectivity index (χ0) is 10.3. The predicted octanol–water partition coefficient (Wildman–Crippen LogP) is 3.01. The van der Waals surface area contributed by atoms with Gasteiger partial charge in [0.15, 0.2) is 0 Å². The third-order valence-electron chi connectivity index (χ3n) is 2.00. The molecule has 1 nitrogen and oxygen atoms in total. The quantitative estimate of drug-likeness (QED) is 0.666. The first-order chi connectivity index (χ1) is 5.95. The van der Waals surface area contributed by atoms with E-state index in [2.05, 4.69) is 39.3 Å². The summed E-state index contributed by atoms with van der Waals surface area (Å²) >= 11 is 1.93. The molecule has 0 saturated heterocycles. The molecule has 0 rings (SSSR count). The van der Waals surface area contributed by atoms with Crippen LogP contribution in [0.2, 0.25) is 0 Å². The summed E-state index contributed by atoms with van der Waals surface area (Å²) in [6, 6.07) is 0. The average molecular weight is 203 g/mol. The van der Waals surface area contributed by atoms with Crippen molar-refractivity contribution in [3.05, 3.63) is 0 Å². The van der Waals surface area contributed by atoms with Crippen molar-refractivity contribution >= 4 is 11.8 Å². The lowest BCUT2D eigenvalue weighted by Crippen LogP contribution is -2.26. The topological polar surface area (TPSA) is 12.0 Å². The summed E-state index contributed by atoms with van der Waals surface area (Å²) in [7, 11) is 0. The summed E-state index contributed by atoms with van der Waals surface area (Å²) in [6.07, 6.45) is 3.44. The molecule has 0 radical (unpaired) electrons. The third kappa shape index (κ3) is 10.2. The van der Waals surface area contributed by atoms with Crippen LogP contribution in [0.3, 0.4) is 0 Å². The van der Waals surface area contributed by atoms with Gasteiger partial charge in [-0.3, -0.25) is 0 Å². The molecular formula is C11H25NS.